The van der Waals surface area contributed by atoms with Crippen LogP contribution in [0.4, 0.5) is 5.69 Å². The number of hydrogen-bond acceptors (Lipinski definition) is 3. The van der Waals surface area contributed by atoms with Gasteiger partial charge >= 0.3 is 0 Å². The van der Waals surface area contributed by atoms with E-state index in [0.29, 0.717) is 5.02 Å². The number of benzene rings is 3. The van der Waals surface area contributed by atoms with Gasteiger partial charge in [0.25, 0.3) is 0 Å². The molecule has 3 aromatic carbocycles. The number of aromatic nitrogens is 1. The summed E-state index contributed by atoms with van der Waals surface area (Å²) in [5.74, 6) is -0.0819. The van der Waals surface area contributed by atoms with Gasteiger partial charge in [0.2, 0.25) is 5.91 Å². The SMILES string of the molecule is O=C(Cc1csc(-c2ccccc2Cl)n1)Nc1ccccc1Cc1ccccc1. The predicted molar refractivity (Wildman–Crippen MR) is 121 cm³/mol. The van der Waals surface area contributed by atoms with Crippen molar-refractivity contribution in [1.29, 1.82) is 0 Å². The summed E-state index contributed by atoms with van der Waals surface area (Å²) in [4.78, 5) is 17.2. The van der Waals surface area contributed by atoms with Gasteiger partial charge in [0.1, 0.15) is 5.01 Å². The van der Waals surface area contributed by atoms with Crippen molar-refractivity contribution in [1.82, 2.24) is 4.98 Å². The highest BCUT2D eigenvalue weighted by Crippen LogP contribution is 2.30. The first-order chi connectivity index (χ1) is 14.2. The van der Waals surface area contributed by atoms with Gasteiger partial charge in [0.15, 0.2) is 0 Å². The van der Waals surface area contributed by atoms with Crippen LogP contribution in [0.5, 0.6) is 0 Å². The number of carbonyl (C=O) groups is 1. The molecule has 1 amide bonds. The number of nitrogens with zero attached hydrogens (tertiary/aromatic N) is 1. The number of hydrogen-bond donors (Lipinski definition) is 1. The molecule has 0 saturated heterocycles. The molecule has 0 spiro atoms. The lowest BCUT2D eigenvalue weighted by atomic mass is 10.0. The van der Waals surface area contributed by atoms with Crippen molar-refractivity contribution in [3.05, 3.63) is 106 Å². The summed E-state index contributed by atoms with van der Waals surface area (Å²) in [6, 6.07) is 25.7. The lowest BCUT2D eigenvalue weighted by Gasteiger charge is -2.11. The molecule has 0 bridgehead atoms. The van der Waals surface area contributed by atoms with Crippen molar-refractivity contribution >= 4 is 34.5 Å². The minimum absolute atomic E-state index is 0.0819. The summed E-state index contributed by atoms with van der Waals surface area (Å²) >= 11 is 7.75. The molecule has 4 aromatic rings. The van der Waals surface area contributed by atoms with E-state index in [4.69, 9.17) is 11.6 Å². The molecule has 0 aliphatic carbocycles. The maximum atomic E-state index is 12.6. The van der Waals surface area contributed by atoms with Gasteiger partial charge in [-0.15, -0.1) is 11.3 Å². The zero-order valence-corrected chi connectivity index (χ0v) is 17.2. The minimum atomic E-state index is -0.0819. The van der Waals surface area contributed by atoms with Gasteiger partial charge < -0.3 is 5.32 Å². The largest absolute Gasteiger partial charge is 0.325 e. The average molecular weight is 419 g/mol. The van der Waals surface area contributed by atoms with Crippen LogP contribution >= 0.6 is 22.9 Å². The zero-order chi connectivity index (χ0) is 20.1. The van der Waals surface area contributed by atoms with Gasteiger partial charge in [-0.1, -0.05) is 78.3 Å². The molecule has 0 fully saturated rings. The molecule has 0 radical (unpaired) electrons. The fourth-order valence-electron chi connectivity index (χ4n) is 3.12. The van der Waals surface area contributed by atoms with Crippen molar-refractivity contribution in [2.45, 2.75) is 12.8 Å². The Morgan fingerprint density at radius 1 is 0.931 bits per heavy atom. The third kappa shape index (κ3) is 4.91. The van der Waals surface area contributed by atoms with Crippen LogP contribution in [0.2, 0.25) is 5.02 Å². The van der Waals surface area contributed by atoms with E-state index in [2.05, 4.69) is 22.4 Å². The lowest BCUT2D eigenvalue weighted by Crippen LogP contribution is -2.16. The molecular weight excluding hydrogens is 400 g/mol. The van der Waals surface area contributed by atoms with Crippen LogP contribution in [-0.2, 0) is 17.6 Å². The van der Waals surface area contributed by atoms with Gasteiger partial charge in [-0.3, -0.25) is 4.79 Å². The summed E-state index contributed by atoms with van der Waals surface area (Å²) in [6.07, 6.45) is 0.991. The van der Waals surface area contributed by atoms with Crippen molar-refractivity contribution in [3.63, 3.8) is 0 Å². The monoisotopic (exact) mass is 418 g/mol. The van der Waals surface area contributed by atoms with Gasteiger partial charge in [0, 0.05) is 16.6 Å². The summed E-state index contributed by atoms with van der Waals surface area (Å²) in [5, 5.41) is 6.43. The van der Waals surface area contributed by atoms with Crippen molar-refractivity contribution in [2.75, 3.05) is 5.32 Å². The highest BCUT2D eigenvalue weighted by Gasteiger charge is 2.12. The number of nitrogens with one attached hydrogen (secondary N) is 1. The van der Waals surface area contributed by atoms with E-state index >= 15 is 0 Å². The Kier molecular flexibility index (Phi) is 6.03. The molecular formula is C24H19ClN2OS. The Labute approximate surface area is 179 Å². The standard InChI is InChI=1S/C24H19ClN2OS/c25-21-12-6-5-11-20(21)24-26-19(16-29-24)15-23(28)27-22-13-7-4-10-18(22)14-17-8-2-1-3-9-17/h1-13,16H,14-15H2,(H,27,28). The fourth-order valence-corrected chi connectivity index (χ4v) is 4.26. The first-order valence-corrected chi connectivity index (χ1v) is 10.6. The molecule has 1 heterocycles. The maximum Gasteiger partial charge on any atom is 0.230 e. The fraction of sp³-hybridized carbons (Fsp3) is 0.0833. The van der Waals surface area contributed by atoms with E-state index < -0.39 is 0 Å². The number of anilines is 1. The molecule has 1 aromatic heterocycles. The molecule has 144 valence electrons. The Hall–Kier alpha value is -2.95. The van der Waals surface area contributed by atoms with Crippen molar-refractivity contribution in [3.8, 4) is 10.6 Å². The number of rotatable bonds is 6. The molecule has 1 N–H and O–H groups in total. The topological polar surface area (TPSA) is 42.0 Å². The van der Waals surface area contributed by atoms with Gasteiger partial charge in [-0.25, -0.2) is 4.98 Å². The number of halogens is 1. The van der Waals surface area contributed by atoms with Crippen molar-refractivity contribution < 1.29 is 4.79 Å². The van der Waals surface area contributed by atoms with Crippen molar-refractivity contribution in [2.24, 2.45) is 0 Å². The van der Waals surface area contributed by atoms with E-state index in [0.717, 1.165) is 33.9 Å². The van der Waals surface area contributed by atoms with E-state index in [1.165, 1.54) is 16.9 Å². The van der Waals surface area contributed by atoms with Crippen LogP contribution in [-0.4, -0.2) is 10.9 Å². The van der Waals surface area contributed by atoms with Gasteiger partial charge in [-0.05, 0) is 29.7 Å². The normalized spacial score (nSPS) is 10.7. The molecule has 0 atom stereocenters. The molecule has 0 aliphatic rings. The summed E-state index contributed by atoms with van der Waals surface area (Å²) in [7, 11) is 0. The third-order valence-electron chi connectivity index (χ3n) is 4.53. The molecule has 0 saturated carbocycles. The number of thiazole rings is 1. The minimum Gasteiger partial charge on any atom is -0.325 e. The van der Waals surface area contributed by atoms with E-state index in [1.807, 2.05) is 72.1 Å². The first-order valence-electron chi connectivity index (χ1n) is 9.30. The van der Waals surface area contributed by atoms with Crippen LogP contribution in [0.25, 0.3) is 10.6 Å². The Morgan fingerprint density at radius 2 is 1.66 bits per heavy atom. The van der Waals surface area contributed by atoms with Gasteiger partial charge in [0.05, 0.1) is 17.1 Å². The van der Waals surface area contributed by atoms with Crippen LogP contribution in [0.15, 0.2) is 84.2 Å². The Balaban J connectivity index is 1.45. The van der Waals surface area contributed by atoms with Crippen LogP contribution < -0.4 is 5.32 Å². The second-order valence-corrected chi connectivity index (χ2v) is 7.93. The Morgan fingerprint density at radius 3 is 2.48 bits per heavy atom. The summed E-state index contributed by atoms with van der Waals surface area (Å²) in [5.41, 5.74) is 4.75. The van der Waals surface area contributed by atoms with Gasteiger partial charge in [-0.2, -0.15) is 0 Å². The molecule has 4 rings (SSSR count). The van der Waals surface area contributed by atoms with Crippen LogP contribution in [0.3, 0.4) is 0 Å². The third-order valence-corrected chi connectivity index (χ3v) is 5.78. The molecule has 5 heteroatoms. The van der Waals surface area contributed by atoms with E-state index in [-0.39, 0.29) is 12.3 Å². The smallest absolute Gasteiger partial charge is 0.230 e. The van der Waals surface area contributed by atoms with Crippen LogP contribution in [0, 0.1) is 0 Å². The number of amides is 1. The highest BCUT2D eigenvalue weighted by molar-refractivity contribution is 7.13. The highest BCUT2D eigenvalue weighted by atomic mass is 35.5. The number of carbonyl (C=O) groups excluding carboxylic acids is 1. The first kappa shape index (κ1) is 19.4. The molecule has 3 nitrogen and oxygen atoms in total. The average Bonchev–Trinajstić information content (AvgIpc) is 3.18. The Bertz CT molecular complexity index is 1120. The predicted octanol–water partition coefficient (Wildman–Crippen LogP) is 6.24. The molecule has 0 unspecified atom stereocenters. The zero-order valence-electron chi connectivity index (χ0n) is 15.6. The lowest BCUT2D eigenvalue weighted by molar-refractivity contribution is -0.115. The van der Waals surface area contributed by atoms with Crippen LogP contribution in [0.1, 0.15) is 16.8 Å². The summed E-state index contributed by atoms with van der Waals surface area (Å²) in [6.45, 7) is 0. The molecule has 0 aliphatic heterocycles. The quantitative estimate of drug-likeness (QED) is 0.403. The maximum absolute atomic E-state index is 12.6. The van der Waals surface area contributed by atoms with E-state index in [9.17, 15) is 4.79 Å². The second-order valence-electron chi connectivity index (χ2n) is 6.67. The second kappa shape index (κ2) is 9.03. The summed E-state index contributed by atoms with van der Waals surface area (Å²) < 4.78 is 0. The van der Waals surface area contributed by atoms with E-state index in [1.54, 1.807) is 0 Å². The molecule has 29 heavy (non-hydrogen) atoms. The number of para-hydroxylation sites is 1.